The lowest BCUT2D eigenvalue weighted by atomic mass is 10.2. The Hall–Kier alpha value is -3.36. The van der Waals surface area contributed by atoms with E-state index in [0.29, 0.717) is 16.3 Å². The van der Waals surface area contributed by atoms with E-state index in [0.717, 1.165) is 37.8 Å². The number of rotatable bonds is 7. The van der Waals surface area contributed by atoms with Crippen molar-refractivity contribution in [1.82, 2.24) is 14.5 Å². The Labute approximate surface area is 197 Å². The monoisotopic (exact) mass is 467 g/mol. The topological polar surface area (TPSA) is 79.7 Å². The Bertz CT molecular complexity index is 1120. The predicted molar refractivity (Wildman–Crippen MR) is 128 cm³/mol. The Morgan fingerprint density at radius 2 is 1.88 bits per heavy atom. The third kappa shape index (κ3) is 5.53. The summed E-state index contributed by atoms with van der Waals surface area (Å²) < 4.78 is 7.09. The molecule has 0 unspecified atom stereocenters. The minimum atomic E-state index is -0.447. The van der Waals surface area contributed by atoms with E-state index < -0.39 is 5.97 Å². The van der Waals surface area contributed by atoms with Gasteiger partial charge in [0.1, 0.15) is 0 Å². The molecule has 1 fully saturated rings. The van der Waals surface area contributed by atoms with Gasteiger partial charge in [0.25, 0.3) is 0 Å². The first-order chi connectivity index (χ1) is 16.0. The van der Waals surface area contributed by atoms with Crippen LogP contribution in [0.15, 0.2) is 60.9 Å². The van der Waals surface area contributed by atoms with Crippen molar-refractivity contribution in [2.75, 3.05) is 49.5 Å². The van der Waals surface area contributed by atoms with Crippen molar-refractivity contribution in [3.8, 4) is 5.69 Å². The minimum Gasteiger partial charge on any atom is -0.462 e. The Balaban J connectivity index is 1.34. The molecule has 4 rings (SSSR count). The minimum absolute atomic E-state index is 0.166. The molecule has 1 N–H and O–H groups in total. The molecule has 2 heterocycles. The van der Waals surface area contributed by atoms with Gasteiger partial charge in [0.2, 0.25) is 11.9 Å². The van der Waals surface area contributed by atoms with Crippen LogP contribution in [0, 0.1) is 0 Å². The van der Waals surface area contributed by atoms with Gasteiger partial charge in [-0.1, -0.05) is 29.8 Å². The Kier molecular flexibility index (Phi) is 7.26. The number of esters is 1. The van der Waals surface area contributed by atoms with E-state index in [4.69, 9.17) is 16.3 Å². The highest BCUT2D eigenvalue weighted by Gasteiger charge is 2.23. The smallest absolute Gasteiger partial charge is 0.340 e. The second-order valence-electron chi connectivity index (χ2n) is 7.65. The van der Waals surface area contributed by atoms with Crippen LogP contribution < -0.4 is 10.2 Å². The number of para-hydroxylation sites is 1. The molecule has 1 saturated heterocycles. The zero-order valence-corrected chi connectivity index (χ0v) is 19.2. The Morgan fingerprint density at radius 3 is 2.64 bits per heavy atom. The molecule has 1 aliphatic heterocycles. The summed E-state index contributed by atoms with van der Waals surface area (Å²) in [5.74, 6) is 0.238. The second-order valence-corrected chi connectivity index (χ2v) is 8.09. The number of benzene rings is 2. The fourth-order valence-electron chi connectivity index (χ4n) is 3.83. The molecule has 1 aromatic heterocycles. The highest BCUT2D eigenvalue weighted by Crippen LogP contribution is 2.22. The van der Waals surface area contributed by atoms with E-state index in [1.54, 1.807) is 37.4 Å². The number of ether oxygens (including phenoxy) is 1. The van der Waals surface area contributed by atoms with Crippen LogP contribution in [0.1, 0.15) is 17.3 Å². The first-order valence-electron chi connectivity index (χ1n) is 10.9. The van der Waals surface area contributed by atoms with Gasteiger partial charge in [-0.2, -0.15) is 0 Å². The second kappa shape index (κ2) is 10.5. The number of halogens is 1. The fourth-order valence-corrected chi connectivity index (χ4v) is 4.02. The highest BCUT2D eigenvalue weighted by atomic mass is 35.5. The van der Waals surface area contributed by atoms with Gasteiger partial charge in [0.05, 0.1) is 24.4 Å². The van der Waals surface area contributed by atoms with E-state index >= 15 is 0 Å². The predicted octanol–water partition coefficient (Wildman–Crippen LogP) is 3.46. The zero-order valence-electron chi connectivity index (χ0n) is 18.4. The molecule has 8 nitrogen and oxygen atoms in total. The molecule has 1 amide bonds. The number of carbonyl (C=O) groups excluding carboxylic acids is 2. The standard InChI is InChI=1S/C24H26ClN5O3/c1-2-33-23(32)20-8-3-4-9-21(20)27-22(31)17-28-12-14-29(15-13-28)24-26-10-11-30(24)19-7-5-6-18(25)16-19/h3-11,16H,2,12-15,17H2,1H3,(H,27,31). The maximum absolute atomic E-state index is 12.6. The molecule has 9 heteroatoms. The lowest BCUT2D eigenvalue weighted by Crippen LogP contribution is -2.49. The number of piperazine rings is 1. The van der Waals surface area contributed by atoms with E-state index in [9.17, 15) is 9.59 Å². The average Bonchev–Trinajstić information content (AvgIpc) is 3.30. The first-order valence-corrected chi connectivity index (χ1v) is 11.3. The summed E-state index contributed by atoms with van der Waals surface area (Å²) in [6.45, 7) is 5.19. The molecule has 0 atom stereocenters. The van der Waals surface area contributed by atoms with Crippen molar-refractivity contribution in [1.29, 1.82) is 0 Å². The van der Waals surface area contributed by atoms with Gasteiger partial charge in [-0.3, -0.25) is 14.3 Å². The van der Waals surface area contributed by atoms with Crippen LogP contribution in [0.2, 0.25) is 5.02 Å². The van der Waals surface area contributed by atoms with Crippen molar-refractivity contribution in [3.63, 3.8) is 0 Å². The molecular formula is C24H26ClN5O3. The maximum Gasteiger partial charge on any atom is 0.340 e. The number of carbonyl (C=O) groups is 2. The van der Waals surface area contributed by atoms with Crippen LogP contribution in [-0.2, 0) is 9.53 Å². The first kappa shape index (κ1) is 22.8. The zero-order chi connectivity index (χ0) is 23.2. The van der Waals surface area contributed by atoms with Crippen molar-refractivity contribution in [2.45, 2.75) is 6.92 Å². The van der Waals surface area contributed by atoms with E-state index in [-0.39, 0.29) is 19.1 Å². The number of imidazole rings is 1. The summed E-state index contributed by atoms with van der Waals surface area (Å²) in [5, 5.41) is 3.52. The SMILES string of the molecule is CCOC(=O)c1ccccc1NC(=O)CN1CCN(c2nccn2-c2cccc(Cl)c2)CC1. The van der Waals surface area contributed by atoms with Crippen LogP contribution in [0.4, 0.5) is 11.6 Å². The summed E-state index contributed by atoms with van der Waals surface area (Å²) in [4.78, 5) is 33.6. The largest absolute Gasteiger partial charge is 0.462 e. The molecule has 0 radical (unpaired) electrons. The van der Waals surface area contributed by atoms with Crippen LogP contribution >= 0.6 is 11.6 Å². The van der Waals surface area contributed by atoms with Crippen LogP contribution in [0.3, 0.4) is 0 Å². The average molecular weight is 468 g/mol. The van der Waals surface area contributed by atoms with Gasteiger partial charge in [-0.05, 0) is 37.3 Å². The third-order valence-corrected chi connectivity index (χ3v) is 5.66. The summed E-state index contributed by atoms with van der Waals surface area (Å²) in [6.07, 6.45) is 3.69. The number of aromatic nitrogens is 2. The summed E-state index contributed by atoms with van der Waals surface area (Å²) >= 11 is 6.15. The molecule has 0 bridgehead atoms. The summed E-state index contributed by atoms with van der Waals surface area (Å²) in [5.41, 5.74) is 1.77. The van der Waals surface area contributed by atoms with Crippen molar-refractivity contribution >= 4 is 35.1 Å². The van der Waals surface area contributed by atoms with E-state index in [1.807, 2.05) is 35.0 Å². The van der Waals surface area contributed by atoms with Gasteiger partial charge < -0.3 is 15.0 Å². The molecule has 0 spiro atoms. The highest BCUT2D eigenvalue weighted by molar-refractivity contribution is 6.30. The van der Waals surface area contributed by atoms with Gasteiger partial charge in [0, 0.05) is 49.3 Å². The maximum atomic E-state index is 12.6. The van der Waals surface area contributed by atoms with E-state index in [1.165, 1.54) is 0 Å². The van der Waals surface area contributed by atoms with Crippen LogP contribution in [-0.4, -0.2) is 65.7 Å². The summed E-state index contributed by atoms with van der Waals surface area (Å²) in [6, 6.07) is 14.5. The molecule has 1 aliphatic rings. The molecule has 33 heavy (non-hydrogen) atoms. The molecule has 3 aromatic rings. The molecular weight excluding hydrogens is 442 g/mol. The number of hydrogen-bond acceptors (Lipinski definition) is 6. The van der Waals surface area contributed by atoms with E-state index in [2.05, 4.69) is 20.1 Å². The quantitative estimate of drug-likeness (QED) is 0.536. The number of nitrogens with one attached hydrogen (secondary N) is 1. The molecule has 172 valence electrons. The van der Waals surface area contributed by atoms with Crippen LogP contribution in [0.25, 0.3) is 5.69 Å². The van der Waals surface area contributed by atoms with Gasteiger partial charge in [-0.15, -0.1) is 0 Å². The number of nitrogens with zero attached hydrogens (tertiary/aromatic N) is 4. The number of hydrogen-bond donors (Lipinski definition) is 1. The Morgan fingerprint density at radius 1 is 1.09 bits per heavy atom. The lowest BCUT2D eigenvalue weighted by molar-refractivity contribution is -0.117. The van der Waals surface area contributed by atoms with Crippen LogP contribution in [0.5, 0.6) is 0 Å². The van der Waals surface area contributed by atoms with Crippen molar-refractivity contribution in [2.24, 2.45) is 0 Å². The molecule has 2 aromatic carbocycles. The van der Waals surface area contributed by atoms with Gasteiger partial charge in [0.15, 0.2) is 0 Å². The normalized spacial score (nSPS) is 14.2. The fraction of sp³-hybridized carbons (Fsp3) is 0.292. The number of amides is 1. The third-order valence-electron chi connectivity index (χ3n) is 5.43. The van der Waals surface area contributed by atoms with Crippen molar-refractivity contribution < 1.29 is 14.3 Å². The summed E-state index contributed by atoms with van der Waals surface area (Å²) in [7, 11) is 0. The van der Waals surface area contributed by atoms with Gasteiger partial charge >= 0.3 is 5.97 Å². The number of anilines is 2. The van der Waals surface area contributed by atoms with Crippen molar-refractivity contribution in [3.05, 3.63) is 71.5 Å². The lowest BCUT2D eigenvalue weighted by Gasteiger charge is -2.35. The van der Waals surface area contributed by atoms with Gasteiger partial charge in [-0.25, -0.2) is 9.78 Å². The molecule has 0 aliphatic carbocycles. The molecule has 0 saturated carbocycles.